The molecule has 1 atom stereocenters. The standard InChI is InChI=1S/C23H28N3O3/c1-17-23(2,3)21-9-4-5-10-22(21)25(17)20(16-27)8-6-7-15-24-18-11-13-19(14-12-18)26(28)29/h4-5,9-14,16,20,24H,6-8,15H2,1-3H3/q+1. The molecule has 0 amide bonds. The van der Waals surface area contributed by atoms with Gasteiger partial charge in [-0.05, 0) is 38.8 Å². The van der Waals surface area contributed by atoms with Crippen molar-refractivity contribution in [2.24, 2.45) is 0 Å². The highest BCUT2D eigenvalue weighted by Gasteiger charge is 2.45. The molecule has 2 aromatic carbocycles. The predicted molar refractivity (Wildman–Crippen MR) is 115 cm³/mol. The van der Waals surface area contributed by atoms with Gasteiger partial charge in [-0.25, -0.2) is 0 Å². The molecule has 1 aliphatic heterocycles. The summed E-state index contributed by atoms with van der Waals surface area (Å²) in [6.45, 7) is 7.29. The van der Waals surface area contributed by atoms with E-state index in [1.807, 2.05) is 6.07 Å². The number of nitro groups is 1. The van der Waals surface area contributed by atoms with Crippen LogP contribution in [0.2, 0.25) is 0 Å². The summed E-state index contributed by atoms with van der Waals surface area (Å²) in [5.41, 5.74) is 4.49. The van der Waals surface area contributed by atoms with Crippen LogP contribution in [-0.4, -0.2) is 34.1 Å². The number of nitrogens with one attached hydrogen (secondary N) is 1. The fraction of sp³-hybridized carbons (Fsp3) is 0.391. The van der Waals surface area contributed by atoms with Crippen molar-refractivity contribution >= 4 is 29.1 Å². The van der Waals surface area contributed by atoms with Crippen molar-refractivity contribution in [1.29, 1.82) is 0 Å². The number of non-ortho nitro benzene ring substituents is 1. The molecule has 6 nitrogen and oxygen atoms in total. The quantitative estimate of drug-likeness (QED) is 0.217. The largest absolute Gasteiger partial charge is 0.385 e. The highest BCUT2D eigenvalue weighted by molar-refractivity contribution is 5.93. The molecule has 2 aromatic rings. The second kappa shape index (κ2) is 8.55. The topological polar surface area (TPSA) is 75.2 Å². The van der Waals surface area contributed by atoms with Crippen molar-refractivity contribution in [3.63, 3.8) is 0 Å². The number of benzene rings is 2. The summed E-state index contributed by atoms with van der Waals surface area (Å²) in [5, 5.41) is 14.0. The highest BCUT2D eigenvalue weighted by atomic mass is 16.6. The zero-order valence-electron chi connectivity index (χ0n) is 17.2. The lowest BCUT2D eigenvalue weighted by Gasteiger charge is -2.15. The minimum Gasteiger partial charge on any atom is -0.385 e. The van der Waals surface area contributed by atoms with Crippen LogP contribution in [0.25, 0.3) is 0 Å². The third-order valence-electron chi connectivity index (χ3n) is 5.93. The summed E-state index contributed by atoms with van der Waals surface area (Å²) in [4.78, 5) is 22.2. The minimum absolute atomic E-state index is 0.0741. The van der Waals surface area contributed by atoms with E-state index in [-0.39, 0.29) is 17.1 Å². The Morgan fingerprint density at radius 3 is 2.48 bits per heavy atom. The Hall–Kier alpha value is -3.02. The van der Waals surface area contributed by atoms with Crippen LogP contribution in [0.3, 0.4) is 0 Å². The first-order valence-electron chi connectivity index (χ1n) is 10.0. The van der Waals surface area contributed by atoms with Gasteiger partial charge < -0.3 is 5.32 Å². The first kappa shape index (κ1) is 20.7. The lowest BCUT2D eigenvalue weighted by Crippen LogP contribution is -2.32. The smallest absolute Gasteiger partial charge is 0.269 e. The Labute approximate surface area is 171 Å². The Balaban J connectivity index is 1.57. The van der Waals surface area contributed by atoms with Crippen LogP contribution in [0.15, 0.2) is 48.5 Å². The fourth-order valence-electron chi connectivity index (χ4n) is 3.99. The third-order valence-corrected chi connectivity index (χ3v) is 5.93. The maximum absolute atomic E-state index is 11.9. The van der Waals surface area contributed by atoms with E-state index in [4.69, 9.17) is 0 Å². The zero-order valence-corrected chi connectivity index (χ0v) is 17.2. The van der Waals surface area contributed by atoms with Crippen LogP contribution < -0.4 is 5.32 Å². The van der Waals surface area contributed by atoms with E-state index in [1.165, 1.54) is 23.4 Å². The van der Waals surface area contributed by atoms with Crippen molar-refractivity contribution in [2.45, 2.75) is 51.5 Å². The van der Waals surface area contributed by atoms with E-state index in [1.54, 1.807) is 12.1 Å². The minimum atomic E-state index is -0.403. The second-order valence-electron chi connectivity index (χ2n) is 8.03. The van der Waals surface area contributed by atoms with Crippen LogP contribution in [0.5, 0.6) is 0 Å². The van der Waals surface area contributed by atoms with Gasteiger partial charge in [0.1, 0.15) is 0 Å². The van der Waals surface area contributed by atoms with Gasteiger partial charge in [0.05, 0.1) is 10.3 Å². The predicted octanol–water partition coefficient (Wildman–Crippen LogP) is 4.84. The van der Waals surface area contributed by atoms with E-state index >= 15 is 0 Å². The van der Waals surface area contributed by atoms with E-state index in [0.29, 0.717) is 0 Å². The molecule has 152 valence electrons. The van der Waals surface area contributed by atoms with E-state index in [2.05, 4.69) is 48.9 Å². The number of unbranched alkanes of at least 4 members (excludes halogenated alkanes) is 1. The van der Waals surface area contributed by atoms with Crippen molar-refractivity contribution in [1.82, 2.24) is 0 Å². The summed E-state index contributed by atoms with van der Waals surface area (Å²) in [5.74, 6) is 0. The number of hydrogen-bond donors (Lipinski definition) is 1. The molecular formula is C23H28N3O3+. The number of fused-ring (bicyclic) bond motifs is 1. The highest BCUT2D eigenvalue weighted by Crippen LogP contribution is 2.40. The molecule has 6 heteroatoms. The normalized spacial score (nSPS) is 15.7. The number of hydrogen-bond acceptors (Lipinski definition) is 4. The van der Waals surface area contributed by atoms with Gasteiger partial charge in [0.2, 0.25) is 11.7 Å². The number of carbonyl (C=O) groups excluding carboxylic acids is 1. The molecule has 0 saturated carbocycles. The Kier molecular flexibility index (Phi) is 6.11. The second-order valence-corrected chi connectivity index (χ2v) is 8.03. The molecular weight excluding hydrogens is 366 g/mol. The molecule has 0 bridgehead atoms. The number of aldehydes is 1. The lowest BCUT2D eigenvalue weighted by atomic mass is 9.82. The molecule has 0 spiro atoms. The molecule has 0 fully saturated rings. The molecule has 0 saturated heterocycles. The molecule has 1 N–H and O–H groups in total. The van der Waals surface area contributed by atoms with Crippen LogP contribution in [0.1, 0.15) is 45.6 Å². The Bertz CT molecular complexity index is 933. The first-order chi connectivity index (χ1) is 13.9. The average molecular weight is 394 g/mol. The number of para-hydroxylation sites is 1. The summed E-state index contributed by atoms with van der Waals surface area (Å²) in [7, 11) is 0. The molecule has 3 rings (SSSR count). The third kappa shape index (κ3) is 4.21. The van der Waals surface area contributed by atoms with Gasteiger partial charge in [0.15, 0.2) is 12.0 Å². The number of carbonyl (C=O) groups is 1. The Morgan fingerprint density at radius 2 is 1.83 bits per heavy atom. The summed E-state index contributed by atoms with van der Waals surface area (Å²) in [6.07, 6.45) is 3.67. The van der Waals surface area contributed by atoms with E-state index < -0.39 is 4.92 Å². The molecule has 0 aliphatic carbocycles. The first-order valence-corrected chi connectivity index (χ1v) is 10.0. The van der Waals surface area contributed by atoms with Crippen molar-refractivity contribution in [3.8, 4) is 0 Å². The van der Waals surface area contributed by atoms with Gasteiger partial charge in [-0.3, -0.25) is 14.9 Å². The van der Waals surface area contributed by atoms with Crippen molar-refractivity contribution in [3.05, 3.63) is 64.2 Å². The number of rotatable bonds is 9. The molecule has 1 heterocycles. The van der Waals surface area contributed by atoms with Gasteiger partial charge >= 0.3 is 0 Å². The molecule has 0 radical (unpaired) electrons. The fourth-order valence-corrected chi connectivity index (χ4v) is 3.99. The molecule has 0 aromatic heterocycles. The maximum Gasteiger partial charge on any atom is 0.269 e. The summed E-state index contributed by atoms with van der Waals surface area (Å²) in [6, 6.07) is 14.6. The Morgan fingerprint density at radius 1 is 1.14 bits per heavy atom. The molecule has 1 aliphatic rings. The van der Waals surface area contributed by atoms with Crippen LogP contribution in [0.4, 0.5) is 17.1 Å². The van der Waals surface area contributed by atoms with Crippen LogP contribution >= 0.6 is 0 Å². The van der Waals surface area contributed by atoms with Crippen LogP contribution in [-0.2, 0) is 10.2 Å². The van der Waals surface area contributed by atoms with E-state index in [0.717, 1.165) is 43.5 Å². The zero-order chi connectivity index (χ0) is 21.0. The summed E-state index contributed by atoms with van der Waals surface area (Å²) >= 11 is 0. The monoisotopic (exact) mass is 394 g/mol. The van der Waals surface area contributed by atoms with Crippen LogP contribution in [0, 0.1) is 10.1 Å². The SMILES string of the molecule is CC1=[N+](C(C=O)CCCCNc2ccc([N+](=O)[O-])cc2)c2ccccc2C1(C)C. The number of nitrogens with zero attached hydrogens (tertiary/aromatic N) is 2. The molecule has 1 unspecified atom stereocenters. The van der Waals surface area contributed by atoms with Gasteiger partial charge in [0.25, 0.3) is 5.69 Å². The summed E-state index contributed by atoms with van der Waals surface area (Å²) < 4.78 is 2.20. The maximum atomic E-state index is 11.9. The number of nitro benzene ring substituents is 1. The molecule has 29 heavy (non-hydrogen) atoms. The lowest BCUT2D eigenvalue weighted by molar-refractivity contribution is -0.467. The van der Waals surface area contributed by atoms with Gasteiger partial charge in [-0.1, -0.05) is 18.2 Å². The number of anilines is 1. The van der Waals surface area contributed by atoms with E-state index in [9.17, 15) is 14.9 Å². The van der Waals surface area contributed by atoms with Gasteiger partial charge in [0, 0.05) is 49.3 Å². The van der Waals surface area contributed by atoms with Crippen molar-refractivity contribution < 1.29 is 14.3 Å². The van der Waals surface area contributed by atoms with Gasteiger partial charge in [-0.2, -0.15) is 4.58 Å². The van der Waals surface area contributed by atoms with Crippen molar-refractivity contribution in [2.75, 3.05) is 11.9 Å². The average Bonchev–Trinajstić information content (AvgIpc) is 2.92. The van der Waals surface area contributed by atoms with Gasteiger partial charge in [-0.15, -0.1) is 0 Å².